The Labute approximate surface area is 94.5 Å². The Morgan fingerprint density at radius 2 is 2.33 bits per heavy atom. The van der Waals surface area contributed by atoms with E-state index in [4.69, 9.17) is 5.73 Å². The maximum absolute atomic E-state index is 5.58. The zero-order valence-electron chi connectivity index (χ0n) is 7.38. The van der Waals surface area contributed by atoms with Gasteiger partial charge in [0.15, 0.2) is 0 Å². The first kappa shape index (κ1) is 12.2. The van der Waals surface area contributed by atoms with E-state index < -0.39 is 0 Å². The molecule has 0 aromatic carbocycles. The van der Waals surface area contributed by atoms with Crippen LogP contribution in [-0.2, 0) is 0 Å². The highest BCUT2D eigenvalue weighted by atomic mass is 127. The van der Waals surface area contributed by atoms with Gasteiger partial charge in [0.2, 0.25) is 0 Å². The van der Waals surface area contributed by atoms with Crippen LogP contribution in [0.2, 0.25) is 0 Å². The van der Waals surface area contributed by atoms with E-state index in [1.54, 1.807) is 0 Å². The first-order chi connectivity index (χ1) is 5.24. The van der Waals surface area contributed by atoms with Gasteiger partial charge in [-0.15, -0.1) is 0 Å². The van der Waals surface area contributed by atoms with E-state index in [-0.39, 0.29) is 24.0 Å². The van der Waals surface area contributed by atoms with Gasteiger partial charge in [-0.05, 0) is 17.7 Å². The summed E-state index contributed by atoms with van der Waals surface area (Å²) >= 11 is 1.49. The van der Waals surface area contributed by atoms with Crippen LogP contribution in [-0.4, -0.2) is 35.4 Å². The number of hydrogen-bond donors (Lipinski definition) is 1. The second-order valence-corrected chi connectivity index (χ2v) is 3.42. The highest BCUT2D eigenvalue weighted by molar-refractivity contribution is 8.13. The summed E-state index contributed by atoms with van der Waals surface area (Å²) in [6.07, 6.45) is 4.21. The highest BCUT2D eigenvalue weighted by Gasteiger charge is 2.18. The van der Waals surface area contributed by atoms with E-state index in [2.05, 4.69) is 16.6 Å². The number of rotatable bonds is 0. The molecular formula is C7H14IN3S. The number of thioether (sulfide) groups is 1. The Balaban J connectivity index is 0.00000121. The lowest BCUT2D eigenvalue weighted by atomic mass is 10.3. The van der Waals surface area contributed by atoms with Gasteiger partial charge >= 0.3 is 0 Å². The van der Waals surface area contributed by atoms with Crippen LogP contribution in [0.15, 0.2) is 4.99 Å². The molecule has 0 atom stereocenters. The second kappa shape index (κ2) is 5.80. The molecule has 1 aliphatic heterocycles. The van der Waals surface area contributed by atoms with Crippen molar-refractivity contribution >= 4 is 22.8 Å². The van der Waals surface area contributed by atoms with Gasteiger partial charge in [-0.25, -0.2) is 0 Å². The van der Waals surface area contributed by atoms with Gasteiger partial charge in [0.25, 0.3) is 11.0 Å². The van der Waals surface area contributed by atoms with Crippen molar-refractivity contribution in [3.05, 3.63) is 0 Å². The van der Waals surface area contributed by atoms with Crippen LogP contribution in [0.4, 0.5) is 0 Å². The lowest BCUT2D eigenvalue weighted by Gasteiger charge is -1.89. The third-order valence-corrected chi connectivity index (χ3v) is 2.29. The van der Waals surface area contributed by atoms with Crippen LogP contribution in [0.3, 0.4) is 0 Å². The lowest BCUT2D eigenvalue weighted by Crippen LogP contribution is -3.00. The zero-order chi connectivity index (χ0) is 8.27. The fourth-order valence-corrected chi connectivity index (χ4v) is 1.31. The normalized spacial score (nSPS) is 18.0. The first-order valence-corrected chi connectivity index (χ1v) is 4.91. The molecule has 1 rings (SSSR count). The Morgan fingerprint density at radius 3 is 2.75 bits per heavy atom. The van der Waals surface area contributed by atoms with E-state index >= 15 is 0 Å². The predicted molar refractivity (Wildman–Crippen MR) is 50.4 cm³/mol. The molecule has 0 saturated carbocycles. The van der Waals surface area contributed by atoms with Crippen LogP contribution in [0.1, 0.15) is 12.8 Å². The van der Waals surface area contributed by atoms with E-state index in [1.165, 1.54) is 18.2 Å². The average molecular weight is 299 g/mol. The number of hydrogen-bond acceptors (Lipinski definition) is 2. The quantitative estimate of drug-likeness (QED) is 0.233. The minimum Gasteiger partial charge on any atom is -1.00 e. The Kier molecular flexibility index (Phi) is 5.90. The summed E-state index contributed by atoms with van der Waals surface area (Å²) in [5.41, 5.74) is 5.58. The molecule has 1 aliphatic rings. The molecule has 0 saturated heterocycles. The molecular weight excluding hydrogens is 285 g/mol. The third-order valence-electron chi connectivity index (χ3n) is 1.78. The molecule has 0 amide bonds. The number of halogens is 1. The molecule has 0 radical (unpaired) electrons. The number of amidine groups is 2. The van der Waals surface area contributed by atoms with Crippen molar-refractivity contribution in [2.24, 2.45) is 10.7 Å². The van der Waals surface area contributed by atoms with Crippen molar-refractivity contribution < 1.29 is 28.6 Å². The molecule has 0 aromatic rings. The average Bonchev–Trinajstić information content (AvgIpc) is 2.37. The van der Waals surface area contributed by atoms with Crippen LogP contribution in [0, 0.1) is 0 Å². The Bertz CT molecular complexity index is 213. The van der Waals surface area contributed by atoms with Crippen LogP contribution >= 0.6 is 11.8 Å². The summed E-state index contributed by atoms with van der Waals surface area (Å²) < 4.78 is 2.16. The predicted octanol–water partition coefficient (Wildman–Crippen LogP) is -2.50. The second-order valence-electron chi connectivity index (χ2n) is 2.60. The van der Waals surface area contributed by atoms with Gasteiger partial charge in [-0.3, -0.25) is 4.58 Å². The van der Waals surface area contributed by atoms with Crippen molar-refractivity contribution in [1.29, 1.82) is 0 Å². The molecule has 0 spiro atoms. The summed E-state index contributed by atoms with van der Waals surface area (Å²) in [4.78, 5) is 4.28. The molecule has 70 valence electrons. The molecule has 0 bridgehead atoms. The fraction of sp³-hybridized carbons (Fsp3) is 0.714. The number of aliphatic imine (C=N–C) groups is 1. The third kappa shape index (κ3) is 3.30. The molecule has 3 nitrogen and oxygen atoms in total. The van der Waals surface area contributed by atoms with Gasteiger partial charge < -0.3 is 29.7 Å². The molecule has 0 unspecified atom stereocenters. The van der Waals surface area contributed by atoms with Crippen molar-refractivity contribution in [1.82, 2.24) is 0 Å². The summed E-state index contributed by atoms with van der Waals surface area (Å²) in [5.74, 6) is 1.12. The monoisotopic (exact) mass is 299 g/mol. The smallest absolute Gasteiger partial charge is 0.297 e. The van der Waals surface area contributed by atoms with Gasteiger partial charge in [-0.1, -0.05) is 11.8 Å². The number of nitrogens with two attached hydrogens (primary N) is 1. The molecule has 0 aliphatic carbocycles. The van der Waals surface area contributed by atoms with Crippen molar-refractivity contribution in [3.8, 4) is 0 Å². The molecule has 5 heteroatoms. The maximum atomic E-state index is 5.58. The number of nitrogens with zero attached hydrogens (tertiary/aromatic N) is 2. The van der Waals surface area contributed by atoms with Crippen molar-refractivity contribution in [2.75, 3.05) is 19.8 Å². The minimum atomic E-state index is 0. The topological polar surface area (TPSA) is 41.4 Å². The molecule has 1 heterocycles. The lowest BCUT2D eigenvalue weighted by molar-refractivity contribution is -0.489. The Hall–Kier alpha value is 0.220. The van der Waals surface area contributed by atoms with Crippen LogP contribution < -0.4 is 29.7 Å². The fourth-order valence-electron chi connectivity index (χ4n) is 1.11. The molecule has 0 aromatic heterocycles. The summed E-state index contributed by atoms with van der Waals surface area (Å²) in [6, 6.07) is 0. The van der Waals surface area contributed by atoms with E-state index in [1.807, 2.05) is 6.26 Å². The summed E-state index contributed by atoms with van der Waals surface area (Å²) in [5, 5.41) is 0.661. The minimum absolute atomic E-state index is 0. The van der Waals surface area contributed by atoms with Gasteiger partial charge in [0, 0.05) is 0 Å². The van der Waals surface area contributed by atoms with Gasteiger partial charge in [0.05, 0.1) is 20.0 Å². The van der Waals surface area contributed by atoms with E-state index in [0.717, 1.165) is 18.8 Å². The van der Waals surface area contributed by atoms with Crippen LogP contribution in [0.5, 0.6) is 0 Å². The van der Waals surface area contributed by atoms with Gasteiger partial charge in [0.1, 0.15) is 0 Å². The standard InChI is InChI=1S/C7H13N3S.HI/c1-10-5-3-4-6(10)9-7(8)11-2;/h8H,3-5H2,1-2H3;1H. The molecule has 2 N–H and O–H groups in total. The van der Waals surface area contributed by atoms with Crippen molar-refractivity contribution in [3.63, 3.8) is 0 Å². The summed E-state index contributed by atoms with van der Waals surface area (Å²) in [7, 11) is 2.06. The first-order valence-electron chi connectivity index (χ1n) is 3.69. The SMILES string of the molecule is CSC(N)=NC1=[N+](C)CCC1.[I-]. The maximum Gasteiger partial charge on any atom is 0.297 e. The van der Waals surface area contributed by atoms with Crippen molar-refractivity contribution in [2.45, 2.75) is 12.8 Å². The zero-order valence-corrected chi connectivity index (χ0v) is 10.4. The van der Waals surface area contributed by atoms with Gasteiger partial charge in [-0.2, -0.15) is 0 Å². The molecule has 12 heavy (non-hydrogen) atoms. The highest BCUT2D eigenvalue weighted by Crippen LogP contribution is 2.05. The van der Waals surface area contributed by atoms with E-state index in [0.29, 0.717) is 5.17 Å². The van der Waals surface area contributed by atoms with E-state index in [9.17, 15) is 0 Å². The largest absolute Gasteiger partial charge is 1.00 e. The van der Waals surface area contributed by atoms with Crippen LogP contribution in [0.25, 0.3) is 0 Å². The Morgan fingerprint density at radius 1 is 1.67 bits per heavy atom. The molecule has 0 fully saturated rings. The summed E-state index contributed by atoms with van der Waals surface area (Å²) in [6.45, 7) is 1.11.